The molecule has 10 fully saturated rings. The Labute approximate surface area is 504 Å². The Bertz CT molecular complexity index is 1910. The third-order valence-electron chi connectivity index (χ3n) is 22.9. The molecule has 4 bridgehead atoms. The molecule has 11 aliphatic rings. The summed E-state index contributed by atoms with van der Waals surface area (Å²) in [6, 6.07) is 12.0. The monoisotopic (exact) mass is 1120 g/mol. The molecule has 1 saturated heterocycles. The summed E-state index contributed by atoms with van der Waals surface area (Å²) in [7, 11) is 0. The van der Waals surface area contributed by atoms with Gasteiger partial charge in [-0.25, -0.2) is 4.39 Å². The highest BCUT2D eigenvalue weighted by Crippen LogP contribution is 2.69. The molecular formula is C78H135FS. The Morgan fingerprint density at radius 2 is 1.12 bits per heavy atom. The summed E-state index contributed by atoms with van der Waals surface area (Å²) in [5.41, 5.74) is 7.55. The molecule has 10 aliphatic carbocycles. The first-order chi connectivity index (χ1) is 38.0. The number of aryl methyl sites for hydroxylation is 2. The highest BCUT2D eigenvalue weighted by Gasteiger charge is 2.59. The average molecular weight is 1120 g/mol. The SMILES string of the molecule is CC(C)C1CCC1.CC(C)C1CCCS1.CC(C)C1C[C@H]2CCCC[C@H]2C1.CC(C)CC1CCCCC1.CC(C)[C@@H]1C[C@@H]2CC[C@H]1C2.CC(C)[C@H](C)C12CC(C1)C2.CC(C)c1cccc2c1CCC2.Cc1cccc(F)c1C(C)C. The van der Waals surface area contributed by atoms with Crippen molar-refractivity contribution in [3.63, 3.8) is 0 Å². The van der Waals surface area contributed by atoms with E-state index in [1.807, 2.05) is 26.8 Å². The number of hydrogen-bond acceptors (Lipinski definition) is 1. The van der Waals surface area contributed by atoms with Gasteiger partial charge in [0.15, 0.2) is 0 Å². The van der Waals surface area contributed by atoms with Gasteiger partial charge in [-0.3, -0.25) is 0 Å². The Hall–Kier alpha value is -1.28. The Balaban J connectivity index is 0.000000169. The van der Waals surface area contributed by atoms with Gasteiger partial charge >= 0.3 is 0 Å². The molecule has 9 saturated carbocycles. The highest BCUT2D eigenvalue weighted by atomic mass is 32.2. The molecule has 80 heavy (non-hydrogen) atoms. The number of benzene rings is 2. The molecule has 1 aliphatic heterocycles. The maximum atomic E-state index is 13.1. The molecule has 460 valence electrons. The molecule has 8 atom stereocenters. The van der Waals surface area contributed by atoms with Gasteiger partial charge in [0.1, 0.15) is 5.82 Å². The predicted molar refractivity (Wildman–Crippen MR) is 357 cm³/mol. The molecular weight excluding hydrogens is 988 g/mol. The summed E-state index contributed by atoms with van der Waals surface area (Å²) < 4.78 is 13.1. The minimum absolute atomic E-state index is 0.0833. The minimum atomic E-state index is -0.0833. The van der Waals surface area contributed by atoms with Gasteiger partial charge in [0, 0.05) is 5.25 Å². The standard InChI is InChI=1S/C12H16.C12H22.C10H13F.2C10H18.C10H20.C7H14S.C7H14/c1-9(2)11-7-3-5-10-6-4-8-12(10)11;1-9(2)12-7-10-5-3-4-6-11(10)8-12;1-7(2)10-8(3)5-4-6-9(10)11;1-7(2)8(3)10-4-9(5-10)6-10;1-7(2)10-6-8-3-4-9(10)5-8;1-9(2)8-10-6-4-3-5-7-10;1-6(2)7-4-3-5-8-7;1-6(2)7-4-3-5-7/h3,5,7,9H,4,6,8H2,1-2H3;9-12H,3-8H2,1-2H3;4-7H,1-3H3;7-9H,4-6H2,1-3H3;7-10H,3-6H2,1-2H3;9-10H,3-8H2,1-2H3;6-7H,3-5H2,1-2H3;6-7H,3-5H2,1-2H3/t;10-,11+,12?;;8-,9?,10?;8-,9+,10+;;;/m...01.../s1. The molecule has 2 aromatic rings. The third kappa shape index (κ3) is 21.6. The zero-order valence-electron chi connectivity index (χ0n) is 56.5. The normalized spacial score (nSPS) is 29.1. The van der Waals surface area contributed by atoms with Crippen LogP contribution < -0.4 is 0 Å². The van der Waals surface area contributed by atoms with Crippen molar-refractivity contribution in [1.82, 2.24) is 0 Å². The van der Waals surface area contributed by atoms with Gasteiger partial charge in [0.05, 0.1) is 0 Å². The van der Waals surface area contributed by atoms with Crippen molar-refractivity contribution in [2.24, 2.45) is 100 Å². The highest BCUT2D eigenvalue weighted by molar-refractivity contribution is 8.00. The summed E-state index contributed by atoms with van der Waals surface area (Å²) in [4.78, 5) is 0. The van der Waals surface area contributed by atoms with Crippen LogP contribution >= 0.6 is 11.8 Å². The first-order valence-corrected chi connectivity index (χ1v) is 36.5. The van der Waals surface area contributed by atoms with Crippen LogP contribution in [0.25, 0.3) is 0 Å². The fourth-order valence-electron chi connectivity index (χ4n) is 17.1. The largest absolute Gasteiger partial charge is 0.207 e. The molecule has 2 heteroatoms. The van der Waals surface area contributed by atoms with Crippen molar-refractivity contribution >= 4 is 11.8 Å². The topological polar surface area (TPSA) is 0 Å². The van der Waals surface area contributed by atoms with Crippen LogP contribution in [0.4, 0.5) is 4.39 Å². The van der Waals surface area contributed by atoms with Gasteiger partial charge in [-0.05, 0) is 248 Å². The summed E-state index contributed by atoms with van der Waals surface area (Å²) in [5.74, 6) is 18.9. The first kappa shape index (κ1) is 69.5. The number of thioether (sulfide) groups is 1. The van der Waals surface area contributed by atoms with Crippen LogP contribution in [0.1, 0.15) is 318 Å². The van der Waals surface area contributed by atoms with E-state index in [0.29, 0.717) is 5.92 Å². The molecule has 13 rings (SSSR count). The van der Waals surface area contributed by atoms with Crippen molar-refractivity contribution in [1.29, 1.82) is 0 Å². The van der Waals surface area contributed by atoms with Gasteiger partial charge in [0.2, 0.25) is 0 Å². The van der Waals surface area contributed by atoms with Gasteiger partial charge in [-0.2, -0.15) is 11.8 Å². The van der Waals surface area contributed by atoms with Gasteiger partial charge in [-0.15, -0.1) is 0 Å². The molecule has 0 N–H and O–H groups in total. The van der Waals surface area contributed by atoms with Gasteiger partial charge in [-0.1, -0.05) is 232 Å². The van der Waals surface area contributed by atoms with E-state index in [9.17, 15) is 4.39 Å². The molecule has 0 spiro atoms. The fraction of sp³-hybridized carbons (Fsp3) is 0.846. The molecule has 0 nitrogen and oxygen atoms in total. The zero-order valence-corrected chi connectivity index (χ0v) is 57.3. The number of rotatable bonds is 10. The second kappa shape index (κ2) is 34.8. The fourth-order valence-corrected chi connectivity index (χ4v) is 18.5. The van der Waals surface area contributed by atoms with E-state index in [1.54, 1.807) is 93.4 Å². The third-order valence-corrected chi connectivity index (χ3v) is 24.6. The van der Waals surface area contributed by atoms with Crippen LogP contribution in [-0.4, -0.2) is 11.0 Å². The van der Waals surface area contributed by atoms with Gasteiger partial charge < -0.3 is 0 Å². The lowest BCUT2D eigenvalue weighted by Gasteiger charge is -2.66. The number of fused-ring (bicyclic) bond motifs is 4. The lowest BCUT2D eigenvalue weighted by molar-refractivity contribution is -0.157. The smallest absolute Gasteiger partial charge is 0.126 e. The van der Waals surface area contributed by atoms with Crippen molar-refractivity contribution in [3.05, 3.63) is 70.0 Å². The Morgan fingerprint density at radius 1 is 0.512 bits per heavy atom. The van der Waals surface area contributed by atoms with Crippen LogP contribution in [0.5, 0.6) is 0 Å². The van der Waals surface area contributed by atoms with Crippen molar-refractivity contribution < 1.29 is 4.39 Å². The number of hydrogen-bond donors (Lipinski definition) is 0. The maximum Gasteiger partial charge on any atom is 0.126 e. The Kier molecular flexibility index (Phi) is 30.2. The van der Waals surface area contributed by atoms with E-state index in [-0.39, 0.29) is 11.7 Å². The van der Waals surface area contributed by atoms with E-state index in [0.717, 1.165) is 116 Å². The van der Waals surface area contributed by atoms with Gasteiger partial charge in [0.25, 0.3) is 0 Å². The molecule has 2 aromatic carbocycles. The lowest BCUT2D eigenvalue weighted by Crippen LogP contribution is -2.56. The molecule has 0 aromatic heterocycles. The molecule has 0 amide bonds. The second-order valence-corrected chi connectivity index (χ2v) is 33.1. The van der Waals surface area contributed by atoms with E-state index < -0.39 is 0 Å². The van der Waals surface area contributed by atoms with E-state index >= 15 is 0 Å². The summed E-state index contributed by atoms with van der Waals surface area (Å²) in [6.45, 7) is 41.3. The summed E-state index contributed by atoms with van der Waals surface area (Å²) in [6.07, 6.45) is 40.5. The first-order valence-electron chi connectivity index (χ1n) is 35.5. The van der Waals surface area contributed by atoms with Crippen molar-refractivity contribution in [2.75, 3.05) is 5.75 Å². The van der Waals surface area contributed by atoms with Crippen LogP contribution in [0.2, 0.25) is 0 Å². The predicted octanol–water partition coefficient (Wildman–Crippen LogP) is 25.2. The molecule has 0 radical (unpaired) electrons. The van der Waals surface area contributed by atoms with E-state index in [2.05, 4.69) is 134 Å². The summed E-state index contributed by atoms with van der Waals surface area (Å²) >= 11 is 2.15. The van der Waals surface area contributed by atoms with E-state index in [4.69, 9.17) is 0 Å². The molecule has 2 unspecified atom stereocenters. The zero-order chi connectivity index (χ0) is 58.7. The summed E-state index contributed by atoms with van der Waals surface area (Å²) in [5, 5.41) is 0.981. The lowest BCUT2D eigenvalue weighted by atomic mass is 9.39. The van der Waals surface area contributed by atoms with E-state index in [1.165, 1.54) is 115 Å². The second-order valence-electron chi connectivity index (χ2n) is 31.7. The quantitative estimate of drug-likeness (QED) is 0.228. The maximum absolute atomic E-state index is 13.1. The average Bonchev–Trinajstić information content (AvgIpc) is 4.24. The van der Waals surface area contributed by atoms with Crippen LogP contribution in [-0.2, 0) is 12.8 Å². The van der Waals surface area contributed by atoms with Crippen LogP contribution in [0.15, 0.2) is 36.4 Å². The Morgan fingerprint density at radius 3 is 1.49 bits per heavy atom. The minimum Gasteiger partial charge on any atom is -0.207 e. The van der Waals surface area contributed by atoms with Crippen molar-refractivity contribution in [2.45, 2.75) is 315 Å². The number of halogens is 1. The van der Waals surface area contributed by atoms with Crippen LogP contribution in [0.3, 0.4) is 0 Å². The molecule has 1 heterocycles. The van der Waals surface area contributed by atoms with Crippen LogP contribution in [0, 0.1) is 113 Å². The van der Waals surface area contributed by atoms with Crippen molar-refractivity contribution in [3.8, 4) is 0 Å².